The molecule has 0 N–H and O–H groups in total. The van der Waals surface area contributed by atoms with Crippen molar-refractivity contribution in [2.24, 2.45) is 0 Å². The largest absolute Gasteiger partial charge is 0.361 e. The molecule has 1 saturated carbocycles. The standard InChI is InChI=1S/C18H22N2O/c1-20(12-15-11-18(21-19-15)14-9-10-14)17-8-4-6-13-5-2-3-7-16(13)17/h2-3,5,7,11,14,17H,4,6,8-10,12H2,1H3/t17-/m1/s1. The van der Waals surface area contributed by atoms with E-state index in [2.05, 4.69) is 47.4 Å². The van der Waals surface area contributed by atoms with Crippen LogP contribution in [0, 0.1) is 0 Å². The average molecular weight is 282 g/mol. The maximum absolute atomic E-state index is 5.47. The van der Waals surface area contributed by atoms with Crippen molar-refractivity contribution in [2.75, 3.05) is 7.05 Å². The molecule has 21 heavy (non-hydrogen) atoms. The van der Waals surface area contributed by atoms with Crippen molar-refractivity contribution >= 4 is 0 Å². The molecule has 0 spiro atoms. The molecule has 4 rings (SSSR count). The van der Waals surface area contributed by atoms with Gasteiger partial charge < -0.3 is 4.52 Å². The third-order valence-electron chi connectivity index (χ3n) is 4.84. The molecular formula is C18H22N2O. The Labute approximate surface area is 125 Å². The fraction of sp³-hybridized carbons (Fsp3) is 0.500. The zero-order valence-electron chi connectivity index (χ0n) is 12.6. The molecule has 0 bridgehead atoms. The van der Waals surface area contributed by atoms with Crippen LogP contribution in [0.1, 0.15) is 60.2 Å². The second kappa shape index (κ2) is 5.30. The first-order valence-corrected chi connectivity index (χ1v) is 8.05. The number of benzene rings is 1. The molecule has 0 aliphatic heterocycles. The average Bonchev–Trinajstić information content (AvgIpc) is 3.27. The molecule has 1 atom stereocenters. The topological polar surface area (TPSA) is 29.3 Å². The zero-order valence-corrected chi connectivity index (χ0v) is 12.6. The first-order chi connectivity index (χ1) is 10.3. The predicted octanol–water partition coefficient (Wildman–Crippen LogP) is 4.06. The van der Waals surface area contributed by atoms with Gasteiger partial charge in [-0.2, -0.15) is 0 Å². The van der Waals surface area contributed by atoms with Gasteiger partial charge in [0.15, 0.2) is 0 Å². The molecule has 0 radical (unpaired) electrons. The summed E-state index contributed by atoms with van der Waals surface area (Å²) in [6.07, 6.45) is 6.26. The highest BCUT2D eigenvalue weighted by Crippen LogP contribution is 2.40. The fourth-order valence-electron chi connectivity index (χ4n) is 3.51. The van der Waals surface area contributed by atoms with Crippen LogP contribution < -0.4 is 0 Å². The molecule has 1 heterocycles. The number of nitrogens with zero attached hydrogens (tertiary/aromatic N) is 2. The summed E-state index contributed by atoms with van der Waals surface area (Å²) >= 11 is 0. The van der Waals surface area contributed by atoms with E-state index in [0.29, 0.717) is 12.0 Å². The maximum Gasteiger partial charge on any atom is 0.140 e. The lowest BCUT2D eigenvalue weighted by atomic mass is 9.87. The van der Waals surface area contributed by atoms with Gasteiger partial charge in [0.2, 0.25) is 0 Å². The van der Waals surface area contributed by atoms with E-state index in [0.717, 1.165) is 18.0 Å². The molecule has 2 aromatic rings. The van der Waals surface area contributed by atoms with Crippen molar-refractivity contribution in [3.8, 4) is 0 Å². The number of aromatic nitrogens is 1. The summed E-state index contributed by atoms with van der Waals surface area (Å²) in [6.45, 7) is 0.870. The highest BCUT2D eigenvalue weighted by molar-refractivity contribution is 5.32. The number of hydrogen-bond acceptors (Lipinski definition) is 3. The number of rotatable bonds is 4. The molecule has 3 heteroatoms. The van der Waals surface area contributed by atoms with Crippen LogP contribution in [-0.4, -0.2) is 17.1 Å². The fourth-order valence-corrected chi connectivity index (χ4v) is 3.51. The Morgan fingerprint density at radius 3 is 2.95 bits per heavy atom. The molecule has 0 saturated heterocycles. The summed E-state index contributed by atoms with van der Waals surface area (Å²) < 4.78 is 5.47. The molecule has 2 aliphatic rings. The van der Waals surface area contributed by atoms with E-state index in [-0.39, 0.29) is 0 Å². The minimum absolute atomic E-state index is 0.510. The van der Waals surface area contributed by atoms with Crippen LogP contribution in [0.2, 0.25) is 0 Å². The molecular weight excluding hydrogens is 260 g/mol. The first-order valence-electron chi connectivity index (χ1n) is 8.05. The van der Waals surface area contributed by atoms with Crippen LogP contribution in [0.15, 0.2) is 34.9 Å². The Morgan fingerprint density at radius 1 is 1.24 bits per heavy atom. The monoisotopic (exact) mass is 282 g/mol. The van der Waals surface area contributed by atoms with Crippen LogP contribution in [0.5, 0.6) is 0 Å². The first kappa shape index (κ1) is 13.1. The van der Waals surface area contributed by atoms with Gasteiger partial charge >= 0.3 is 0 Å². The molecule has 1 fully saturated rings. The summed E-state index contributed by atoms with van der Waals surface area (Å²) in [5.74, 6) is 1.73. The molecule has 0 unspecified atom stereocenters. The van der Waals surface area contributed by atoms with Crippen LogP contribution in [0.3, 0.4) is 0 Å². The highest BCUT2D eigenvalue weighted by atomic mass is 16.5. The van der Waals surface area contributed by atoms with Gasteiger partial charge in [-0.05, 0) is 50.3 Å². The lowest BCUT2D eigenvalue weighted by molar-refractivity contribution is 0.207. The van der Waals surface area contributed by atoms with E-state index in [1.54, 1.807) is 0 Å². The lowest BCUT2D eigenvalue weighted by Gasteiger charge is -2.32. The lowest BCUT2D eigenvalue weighted by Crippen LogP contribution is -2.27. The maximum atomic E-state index is 5.47. The predicted molar refractivity (Wildman–Crippen MR) is 82.1 cm³/mol. The van der Waals surface area contributed by atoms with Crippen molar-refractivity contribution in [2.45, 2.75) is 50.6 Å². The summed E-state index contributed by atoms with van der Waals surface area (Å²) in [5.41, 5.74) is 4.08. The summed E-state index contributed by atoms with van der Waals surface area (Å²) in [6, 6.07) is 11.5. The van der Waals surface area contributed by atoms with E-state index >= 15 is 0 Å². The van der Waals surface area contributed by atoms with Gasteiger partial charge in [-0.15, -0.1) is 0 Å². The third kappa shape index (κ3) is 2.62. The van der Waals surface area contributed by atoms with Crippen molar-refractivity contribution in [1.29, 1.82) is 0 Å². The van der Waals surface area contributed by atoms with E-state index < -0.39 is 0 Å². The highest BCUT2D eigenvalue weighted by Gasteiger charge is 2.29. The Morgan fingerprint density at radius 2 is 2.10 bits per heavy atom. The minimum atomic E-state index is 0.510. The van der Waals surface area contributed by atoms with E-state index in [9.17, 15) is 0 Å². The molecule has 0 amide bonds. The van der Waals surface area contributed by atoms with Gasteiger partial charge in [0.05, 0.1) is 5.69 Å². The Hall–Kier alpha value is -1.61. The quantitative estimate of drug-likeness (QED) is 0.846. The van der Waals surface area contributed by atoms with E-state index in [1.165, 1.54) is 43.2 Å². The van der Waals surface area contributed by atoms with Crippen LogP contribution >= 0.6 is 0 Å². The van der Waals surface area contributed by atoms with Crippen molar-refractivity contribution in [3.05, 3.63) is 52.9 Å². The van der Waals surface area contributed by atoms with Crippen molar-refractivity contribution in [1.82, 2.24) is 10.1 Å². The van der Waals surface area contributed by atoms with Gasteiger partial charge in [-0.1, -0.05) is 29.4 Å². The van der Waals surface area contributed by atoms with E-state index in [4.69, 9.17) is 4.52 Å². The van der Waals surface area contributed by atoms with Gasteiger partial charge in [-0.3, -0.25) is 4.90 Å². The smallest absolute Gasteiger partial charge is 0.140 e. The van der Waals surface area contributed by atoms with Gasteiger partial charge in [0.1, 0.15) is 5.76 Å². The second-order valence-corrected chi connectivity index (χ2v) is 6.52. The summed E-state index contributed by atoms with van der Waals surface area (Å²) in [5, 5.41) is 4.25. The van der Waals surface area contributed by atoms with Gasteiger partial charge in [-0.25, -0.2) is 0 Å². The third-order valence-corrected chi connectivity index (χ3v) is 4.84. The Kier molecular flexibility index (Phi) is 3.30. The van der Waals surface area contributed by atoms with Crippen LogP contribution in [0.4, 0.5) is 0 Å². The minimum Gasteiger partial charge on any atom is -0.361 e. The summed E-state index contributed by atoms with van der Waals surface area (Å²) in [7, 11) is 2.21. The second-order valence-electron chi connectivity index (χ2n) is 6.52. The number of hydrogen-bond donors (Lipinski definition) is 0. The zero-order chi connectivity index (χ0) is 14.2. The molecule has 1 aromatic carbocycles. The van der Waals surface area contributed by atoms with Crippen LogP contribution in [0.25, 0.3) is 0 Å². The van der Waals surface area contributed by atoms with Crippen LogP contribution in [-0.2, 0) is 13.0 Å². The Bertz CT molecular complexity index is 630. The van der Waals surface area contributed by atoms with Gasteiger partial charge in [0.25, 0.3) is 0 Å². The van der Waals surface area contributed by atoms with Crippen molar-refractivity contribution in [3.63, 3.8) is 0 Å². The number of aryl methyl sites for hydroxylation is 1. The molecule has 2 aliphatic carbocycles. The molecule has 1 aromatic heterocycles. The number of fused-ring (bicyclic) bond motifs is 1. The SMILES string of the molecule is CN(Cc1cc(C2CC2)on1)[C@@H]1CCCc2ccccc21. The van der Waals surface area contributed by atoms with Gasteiger partial charge in [0, 0.05) is 24.6 Å². The van der Waals surface area contributed by atoms with E-state index in [1.807, 2.05) is 0 Å². The normalized spacial score (nSPS) is 21.5. The summed E-state index contributed by atoms with van der Waals surface area (Å²) in [4.78, 5) is 2.42. The molecule has 110 valence electrons. The molecule has 3 nitrogen and oxygen atoms in total. The van der Waals surface area contributed by atoms with Crippen molar-refractivity contribution < 1.29 is 4.52 Å². The Balaban J connectivity index is 1.50.